The van der Waals surface area contributed by atoms with Gasteiger partial charge in [-0.15, -0.1) is 0 Å². The molecule has 0 amide bonds. The SMILES string of the molecule is CCOP(=O)(OCC)[C@H](C)COc1cc2c(cc1C(F)(F)F)N(c1ccc(F)cc1)C[C@@H](CCC(C)(F)F)[C@@H](F)S2(=O)=O. The fraction of sp³-hybridized carbons (Fsp3) is 0.556. The fourth-order valence-electron chi connectivity index (χ4n) is 4.60. The molecule has 242 valence electrons. The number of fused-ring (bicyclic) bond motifs is 1. The van der Waals surface area contributed by atoms with Gasteiger partial charge in [0, 0.05) is 30.6 Å². The van der Waals surface area contributed by atoms with Gasteiger partial charge in [0.25, 0.3) is 0 Å². The Hall–Kier alpha value is -2.35. The van der Waals surface area contributed by atoms with Crippen LogP contribution in [0.3, 0.4) is 0 Å². The van der Waals surface area contributed by atoms with Crippen molar-refractivity contribution in [3.63, 3.8) is 0 Å². The van der Waals surface area contributed by atoms with Crippen LogP contribution in [0.4, 0.5) is 42.1 Å². The lowest BCUT2D eigenvalue weighted by Crippen LogP contribution is -2.32. The number of ether oxygens (including phenoxy) is 1. The number of halogens is 7. The van der Waals surface area contributed by atoms with E-state index in [0.29, 0.717) is 19.1 Å². The number of hydrogen-bond acceptors (Lipinski definition) is 7. The first kappa shape index (κ1) is 35.1. The van der Waals surface area contributed by atoms with Crippen molar-refractivity contribution in [3.05, 3.63) is 47.8 Å². The molecule has 0 saturated heterocycles. The summed E-state index contributed by atoms with van der Waals surface area (Å²) in [5.74, 6) is -6.56. The summed E-state index contributed by atoms with van der Waals surface area (Å²) in [5, 5.41) is 0. The predicted molar refractivity (Wildman–Crippen MR) is 146 cm³/mol. The molecule has 0 aliphatic carbocycles. The van der Waals surface area contributed by atoms with E-state index < -0.39 is 100 Å². The topological polar surface area (TPSA) is 82.1 Å². The highest BCUT2D eigenvalue weighted by Gasteiger charge is 2.45. The highest BCUT2D eigenvalue weighted by Crippen LogP contribution is 2.53. The van der Waals surface area contributed by atoms with Crippen molar-refractivity contribution < 1.29 is 57.5 Å². The molecule has 1 aliphatic rings. The van der Waals surface area contributed by atoms with Gasteiger partial charge in [0.1, 0.15) is 18.2 Å². The van der Waals surface area contributed by atoms with Gasteiger partial charge in [-0.3, -0.25) is 4.57 Å². The van der Waals surface area contributed by atoms with Crippen LogP contribution in [-0.4, -0.2) is 51.9 Å². The monoisotopic (exact) mass is 663 g/mol. The summed E-state index contributed by atoms with van der Waals surface area (Å²) in [6.07, 6.45) is -6.62. The van der Waals surface area contributed by atoms with E-state index >= 15 is 4.39 Å². The molecule has 16 heteroatoms. The third-order valence-corrected chi connectivity index (χ3v) is 11.2. The average molecular weight is 664 g/mol. The van der Waals surface area contributed by atoms with Gasteiger partial charge in [-0.05, 0) is 64.4 Å². The van der Waals surface area contributed by atoms with Crippen LogP contribution in [0.2, 0.25) is 0 Å². The minimum Gasteiger partial charge on any atom is -0.492 e. The second-order valence-corrected chi connectivity index (χ2v) is 14.7. The van der Waals surface area contributed by atoms with E-state index in [1.165, 1.54) is 20.8 Å². The van der Waals surface area contributed by atoms with Gasteiger partial charge in [-0.1, -0.05) is 0 Å². The normalized spacial score (nSPS) is 19.9. The molecular formula is C27H33F7NO6PS. The highest BCUT2D eigenvalue weighted by molar-refractivity contribution is 7.92. The third kappa shape index (κ3) is 8.23. The number of sulfone groups is 1. The van der Waals surface area contributed by atoms with Crippen molar-refractivity contribution in [2.45, 2.75) is 68.7 Å². The van der Waals surface area contributed by atoms with E-state index in [-0.39, 0.29) is 18.9 Å². The third-order valence-electron chi connectivity index (χ3n) is 6.78. The lowest BCUT2D eigenvalue weighted by atomic mass is 10.00. The molecule has 43 heavy (non-hydrogen) atoms. The van der Waals surface area contributed by atoms with Crippen molar-refractivity contribution in [2.75, 3.05) is 31.3 Å². The number of alkyl halides is 6. The number of anilines is 2. The van der Waals surface area contributed by atoms with E-state index in [1.807, 2.05) is 0 Å². The molecule has 0 fully saturated rings. The Morgan fingerprint density at radius 1 is 1.05 bits per heavy atom. The Morgan fingerprint density at radius 3 is 2.14 bits per heavy atom. The van der Waals surface area contributed by atoms with Gasteiger partial charge in [0.15, 0.2) is 0 Å². The molecule has 3 atom stereocenters. The van der Waals surface area contributed by atoms with Crippen molar-refractivity contribution in [2.24, 2.45) is 5.92 Å². The smallest absolute Gasteiger partial charge is 0.420 e. The van der Waals surface area contributed by atoms with Crippen LogP contribution < -0.4 is 9.64 Å². The molecule has 0 radical (unpaired) electrons. The largest absolute Gasteiger partial charge is 0.492 e. The second-order valence-electron chi connectivity index (χ2n) is 10.2. The molecule has 1 heterocycles. The molecular weight excluding hydrogens is 630 g/mol. The van der Waals surface area contributed by atoms with Crippen molar-refractivity contribution >= 4 is 28.8 Å². The average Bonchev–Trinajstić information content (AvgIpc) is 2.98. The minimum absolute atomic E-state index is 0.00462. The summed E-state index contributed by atoms with van der Waals surface area (Å²) in [5.41, 5.74) is -5.88. The molecule has 0 unspecified atom stereocenters. The van der Waals surface area contributed by atoms with Crippen LogP contribution >= 0.6 is 7.60 Å². The van der Waals surface area contributed by atoms with Crippen molar-refractivity contribution in [1.29, 1.82) is 0 Å². The van der Waals surface area contributed by atoms with E-state index in [0.717, 1.165) is 29.2 Å². The van der Waals surface area contributed by atoms with E-state index in [1.54, 1.807) is 0 Å². The van der Waals surface area contributed by atoms with Crippen LogP contribution in [0, 0.1) is 11.7 Å². The summed E-state index contributed by atoms with van der Waals surface area (Å²) < 4.78 is 156. The maximum absolute atomic E-state index is 15.7. The Bertz CT molecular complexity index is 1410. The molecule has 0 spiro atoms. The van der Waals surface area contributed by atoms with Crippen molar-refractivity contribution in [3.8, 4) is 5.75 Å². The summed E-state index contributed by atoms with van der Waals surface area (Å²) in [7, 11) is -8.91. The summed E-state index contributed by atoms with van der Waals surface area (Å²) in [6, 6.07) is 5.21. The predicted octanol–water partition coefficient (Wildman–Crippen LogP) is 8.15. The molecule has 0 saturated carbocycles. The number of benzene rings is 2. The summed E-state index contributed by atoms with van der Waals surface area (Å²) in [4.78, 5) is 0.147. The maximum Gasteiger partial charge on any atom is 0.420 e. The quantitative estimate of drug-likeness (QED) is 0.168. The molecule has 1 aliphatic heterocycles. The maximum atomic E-state index is 15.7. The molecule has 0 N–H and O–H groups in total. The number of hydrogen-bond donors (Lipinski definition) is 0. The van der Waals surface area contributed by atoms with Crippen LogP contribution in [0.5, 0.6) is 5.75 Å². The van der Waals surface area contributed by atoms with E-state index in [2.05, 4.69) is 0 Å². The zero-order chi connectivity index (χ0) is 32.4. The molecule has 2 aromatic carbocycles. The minimum atomic E-state index is -5.11. The van der Waals surface area contributed by atoms with Crippen LogP contribution in [0.15, 0.2) is 41.3 Å². The van der Waals surface area contributed by atoms with Crippen molar-refractivity contribution in [1.82, 2.24) is 0 Å². The van der Waals surface area contributed by atoms with Gasteiger partial charge >= 0.3 is 13.8 Å². The Morgan fingerprint density at radius 2 is 1.63 bits per heavy atom. The van der Waals surface area contributed by atoms with Crippen LogP contribution in [0.1, 0.15) is 46.1 Å². The molecule has 0 bridgehead atoms. The first-order chi connectivity index (χ1) is 19.8. The van der Waals surface area contributed by atoms with Gasteiger partial charge in [-0.25, -0.2) is 26.0 Å². The zero-order valence-electron chi connectivity index (χ0n) is 23.8. The highest BCUT2D eigenvalue weighted by atomic mass is 32.2. The summed E-state index contributed by atoms with van der Waals surface area (Å²) in [6.45, 7) is 3.67. The van der Waals surface area contributed by atoms with Gasteiger partial charge < -0.3 is 18.7 Å². The number of rotatable bonds is 12. The second kappa shape index (κ2) is 13.3. The molecule has 3 rings (SSSR count). The fourth-order valence-corrected chi connectivity index (χ4v) is 7.86. The molecule has 2 aromatic rings. The van der Waals surface area contributed by atoms with Gasteiger partial charge in [0.05, 0.1) is 35.0 Å². The lowest BCUT2D eigenvalue weighted by molar-refractivity contribution is -0.139. The molecule has 0 aromatic heterocycles. The first-order valence-corrected chi connectivity index (χ1v) is 16.6. The number of nitrogens with zero attached hydrogens (tertiary/aromatic N) is 1. The zero-order valence-corrected chi connectivity index (χ0v) is 25.5. The Kier molecular flexibility index (Phi) is 10.9. The van der Waals surface area contributed by atoms with Gasteiger partial charge in [-0.2, -0.15) is 13.2 Å². The molecule has 7 nitrogen and oxygen atoms in total. The van der Waals surface area contributed by atoms with Crippen LogP contribution in [-0.2, 0) is 29.6 Å². The summed E-state index contributed by atoms with van der Waals surface area (Å²) >= 11 is 0. The Balaban J connectivity index is 2.19. The first-order valence-electron chi connectivity index (χ1n) is 13.4. The Labute approximate surface area is 245 Å². The van der Waals surface area contributed by atoms with E-state index in [4.69, 9.17) is 13.8 Å². The lowest BCUT2D eigenvalue weighted by Gasteiger charge is -2.29. The van der Waals surface area contributed by atoms with Gasteiger partial charge in [0.2, 0.25) is 21.3 Å². The standard InChI is InChI=1S/C27H33F7NO6PS/c1-5-40-42(36,41-6-2)17(3)16-39-23-14-24-22(13-21(23)27(32,33)34)35(20-9-7-19(28)8-10-20)15-18(11-12-26(4,30)31)25(29)43(24,37)38/h7-10,13-14,17-18,25H,5-6,11-12,15-16H2,1-4H3/t17-,18-,25+/m1/s1. The van der Waals surface area contributed by atoms with E-state index in [9.17, 15) is 39.3 Å². The van der Waals surface area contributed by atoms with Crippen LogP contribution in [0.25, 0.3) is 0 Å².